The molecule has 0 atom stereocenters. The molecule has 0 spiro atoms. The van der Waals surface area contributed by atoms with Crippen LogP contribution >= 0.6 is 0 Å². The van der Waals surface area contributed by atoms with Gasteiger partial charge in [0, 0.05) is 18.7 Å². The van der Waals surface area contributed by atoms with Gasteiger partial charge in [0.15, 0.2) is 5.76 Å². The normalized spacial score (nSPS) is 17.4. The molecule has 1 saturated carbocycles. The topological polar surface area (TPSA) is 55.3 Å². The van der Waals surface area contributed by atoms with Crippen molar-refractivity contribution in [2.24, 2.45) is 5.73 Å². The van der Waals surface area contributed by atoms with Crippen LogP contribution in [0.4, 0.5) is 0 Å². The number of nitrogens with two attached hydrogens (primary N) is 1. The van der Waals surface area contributed by atoms with E-state index >= 15 is 0 Å². The van der Waals surface area contributed by atoms with Crippen LogP contribution in [0.3, 0.4) is 0 Å². The maximum absolute atomic E-state index is 5.45. The van der Waals surface area contributed by atoms with E-state index in [9.17, 15) is 0 Å². The third kappa shape index (κ3) is 1.96. The summed E-state index contributed by atoms with van der Waals surface area (Å²) < 4.78 is 5.17. The minimum absolute atomic E-state index is 0.455. The summed E-state index contributed by atoms with van der Waals surface area (Å²) in [7, 11) is 2.13. The predicted molar refractivity (Wildman–Crippen MR) is 53.5 cm³/mol. The molecule has 1 fully saturated rings. The van der Waals surface area contributed by atoms with E-state index in [0.717, 1.165) is 24.0 Å². The lowest BCUT2D eigenvalue weighted by molar-refractivity contribution is 0.139. The molecule has 1 aromatic rings. The summed E-state index contributed by atoms with van der Waals surface area (Å²) in [4.78, 5) is 2.32. The molecular weight excluding hydrogens is 178 g/mol. The smallest absolute Gasteiger partial charge is 0.151 e. The molecular formula is C10H17N3O. The maximum atomic E-state index is 5.45. The van der Waals surface area contributed by atoms with Crippen LogP contribution in [0.15, 0.2) is 10.6 Å². The summed E-state index contributed by atoms with van der Waals surface area (Å²) in [6.45, 7) is 1.30. The Balaban J connectivity index is 1.89. The maximum Gasteiger partial charge on any atom is 0.151 e. The van der Waals surface area contributed by atoms with Crippen LogP contribution in [0.2, 0.25) is 0 Å². The summed E-state index contributed by atoms with van der Waals surface area (Å²) >= 11 is 0. The Bertz CT molecular complexity index is 293. The summed E-state index contributed by atoms with van der Waals surface area (Å²) in [5.41, 5.74) is 6.29. The number of hydrogen-bond donors (Lipinski definition) is 1. The van der Waals surface area contributed by atoms with E-state index in [1.54, 1.807) is 0 Å². The van der Waals surface area contributed by atoms with Gasteiger partial charge >= 0.3 is 0 Å². The van der Waals surface area contributed by atoms with Gasteiger partial charge in [0.2, 0.25) is 0 Å². The Morgan fingerprint density at radius 3 is 2.93 bits per heavy atom. The lowest BCUT2D eigenvalue weighted by atomic mass is 9.92. The Kier molecular flexibility index (Phi) is 2.84. The van der Waals surface area contributed by atoms with Gasteiger partial charge in [0.25, 0.3) is 0 Å². The fourth-order valence-corrected chi connectivity index (χ4v) is 1.73. The van der Waals surface area contributed by atoms with Crippen LogP contribution in [-0.2, 0) is 13.1 Å². The van der Waals surface area contributed by atoms with Gasteiger partial charge < -0.3 is 10.3 Å². The number of rotatable bonds is 4. The Morgan fingerprint density at radius 2 is 2.43 bits per heavy atom. The Hall–Kier alpha value is -0.870. The van der Waals surface area contributed by atoms with Crippen LogP contribution in [0.5, 0.6) is 0 Å². The molecule has 0 bridgehead atoms. The van der Waals surface area contributed by atoms with Gasteiger partial charge in [0.05, 0.1) is 12.2 Å². The van der Waals surface area contributed by atoms with E-state index in [4.69, 9.17) is 10.3 Å². The summed E-state index contributed by atoms with van der Waals surface area (Å²) in [5.74, 6) is 0.917. The molecule has 1 aromatic heterocycles. The van der Waals surface area contributed by atoms with Crippen LogP contribution < -0.4 is 5.73 Å². The quantitative estimate of drug-likeness (QED) is 0.782. The lowest BCUT2D eigenvalue weighted by Gasteiger charge is -2.33. The monoisotopic (exact) mass is 195 g/mol. The first-order chi connectivity index (χ1) is 6.79. The van der Waals surface area contributed by atoms with Crippen LogP contribution in [-0.4, -0.2) is 23.1 Å². The predicted octanol–water partition coefficient (Wildman–Crippen LogP) is 1.12. The molecule has 0 amide bonds. The first kappa shape index (κ1) is 9.68. The summed E-state index contributed by atoms with van der Waals surface area (Å²) in [6, 6.07) is 2.68. The van der Waals surface area contributed by atoms with Crippen molar-refractivity contribution < 1.29 is 4.52 Å². The number of aromatic nitrogens is 1. The molecule has 0 radical (unpaired) electrons. The first-order valence-electron chi connectivity index (χ1n) is 5.14. The van der Waals surface area contributed by atoms with Gasteiger partial charge in [0.1, 0.15) is 0 Å². The van der Waals surface area contributed by atoms with E-state index in [2.05, 4.69) is 17.1 Å². The molecule has 1 aliphatic carbocycles. The van der Waals surface area contributed by atoms with Crippen molar-refractivity contribution >= 4 is 0 Å². The minimum Gasteiger partial charge on any atom is -0.360 e. The second-order valence-electron chi connectivity index (χ2n) is 3.99. The molecule has 0 unspecified atom stereocenters. The molecule has 0 aliphatic heterocycles. The van der Waals surface area contributed by atoms with E-state index in [1.807, 2.05) is 6.07 Å². The van der Waals surface area contributed by atoms with E-state index in [-0.39, 0.29) is 0 Å². The standard InChI is InChI=1S/C10H17N3O/c1-13(9-3-2-4-9)7-10-5-8(6-11)12-14-10/h5,9H,2-4,6-7,11H2,1H3. The van der Waals surface area contributed by atoms with Crippen molar-refractivity contribution in [2.75, 3.05) is 7.05 Å². The SMILES string of the molecule is CN(Cc1cc(CN)no1)C1CCC1. The van der Waals surface area contributed by atoms with Crippen LogP contribution in [0.25, 0.3) is 0 Å². The number of hydrogen-bond acceptors (Lipinski definition) is 4. The number of nitrogens with zero attached hydrogens (tertiary/aromatic N) is 2. The molecule has 14 heavy (non-hydrogen) atoms. The largest absolute Gasteiger partial charge is 0.360 e. The Labute approximate surface area is 84.0 Å². The summed E-state index contributed by atoms with van der Waals surface area (Å²) in [5, 5.41) is 3.86. The van der Waals surface area contributed by atoms with Crippen molar-refractivity contribution in [1.82, 2.24) is 10.1 Å². The molecule has 78 valence electrons. The van der Waals surface area contributed by atoms with Crippen molar-refractivity contribution in [3.05, 3.63) is 17.5 Å². The third-order valence-corrected chi connectivity index (χ3v) is 2.92. The van der Waals surface area contributed by atoms with E-state index in [0.29, 0.717) is 6.54 Å². The van der Waals surface area contributed by atoms with Gasteiger partial charge in [-0.2, -0.15) is 0 Å². The average molecular weight is 195 g/mol. The van der Waals surface area contributed by atoms with Crippen molar-refractivity contribution in [3.8, 4) is 0 Å². The molecule has 1 aliphatic rings. The van der Waals surface area contributed by atoms with Gasteiger partial charge in [-0.05, 0) is 19.9 Å². The van der Waals surface area contributed by atoms with Gasteiger partial charge in [-0.15, -0.1) is 0 Å². The molecule has 0 aromatic carbocycles. The lowest BCUT2D eigenvalue weighted by Crippen LogP contribution is -2.36. The highest BCUT2D eigenvalue weighted by atomic mass is 16.5. The second-order valence-corrected chi connectivity index (χ2v) is 3.99. The zero-order chi connectivity index (χ0) is 9.97. The molecule has 2 N–H and O–H groups in total. The average Bonchev–Trinajstić information content (AvgIpc) is 2.48. The van der Waals surface area contributed by atoms with Gasteiger partial charge in [-0.1, -0.05) is 11.6 Å². The fourth-order valence-electron chi connectivity index (χ4n) is 1.73. The fraction of sp³-hybridized carbons (Fsp3) is 0.700. The second kappa shape index (κ2) is 4.11. The Morgan fingerprint density at radius 1 is 1.64 bits per heavy atom. The highest BCUT2D eigenvalue weighted by Crippen LogP contribution is 2.24. The third-order valence-electron chi connectivity index (χ3n) is 2.92. The van der Waals surface area contributed by atoms with Crippen molar-refractivity contribution in [1.29, 1.82) is 0 Å². The molecule has 2 rings (SSSR count). The van der Waals surface area contributed by atoms with Crippen LogP contribution in [0.1, 0.15) is 30.7 Å². The van der Waals surface area contributed by atoms with Crippen LogP contribution in [0, 0.1) is 0 Å². The zero-order valence-electron chi connectivity index (χ0n) is 8.57. The summed E-state index contributed by atoms with van der Waals surface area (Å²) in [6.07, 6.45) is 3.99. The molecule has 4 heteroatoms. The molecule has 0 saturated heterocycles. The highest BCUT2D eigenvalue weighted by Gasteiger charge is 2.22. The van der Waals surface area contributed by atoms with Gasteiger partial charge in [-0.3, -0.25) is 4.90 Å². The molecule has 1 heterocycles. The van der Waals surface area contributed by atoms with E-state index < -0.39 is 0 Å². The minimum atomic E-state index is 0.455. The van der Waals surface area contributed by atoms with E-state index in [1.165, 1.54) is 19.3 Å². The molecule has 4 nitrogen and oxygen atoms in total. The van der Waals surface area contributed by atoms with Gasteiger partial charge in [-0.25, -0.2) is 0 Å². The first-order valence-corrected chi connectivity index (χ1v) is 5.14. The highest BCUT2D eigenvalue weighted by molar-refractivity contribution is 5.04. The zero-order valence-corrected chi connectivity index (χ0v) is 8.57. The van der Waals surface area contributed by atoms with Crippen molar-refractivity contribution in [2.45, 2.75) is 38.4 Å². The van der Waals surface area contributed by atoms with Crippen molar-refractivity contribution in [3.63, 3.8) is 0 Å².